The minimum atomic E-state index is -1.01. The van der Waals surface area contributed by atoms with Gasteiger partial charge in [0.1, 0.15) is 5.56 Å². The Hall–Kier alpha value is -1.22. The minimum Gasteiger partial charge on any atom is -0.494 e. The molecular formula is C10H11ClO3. The number of benzene rings is 1. The van der Waals surface area contributed by atoms with Gasteiger partial charge in [0, 0.05) is 0 Å². The third kappa shape index (κ3) is 1.82. The van der Waals surface area contributed by atoms with Crippen LogP contribution in [0.5, 0.6) is 5.75 Å². The molecule has 0 bridgehead atoms. The fraction of sp³-hybridized carbons (Fsp3) is 0.300. The van der Waals surface area contributed by atoms with E-state index in [9.17, 15) is 4.79 Å². The quantitative estimate of drug-likeness (QED) is 0.842. The van der Waals surface area contributed by atoms with Crippen LogP contribution in [0.4, 0.5) is 0 Å². The van der Waals surface area contributed by atoms with Crippen molar-refractivity contribution in [1.29, 1.82) is 0 Å². The first-order chi connectivity index (χ1) is 6.61. The molecule has 0 aromatic heterocycles. The smallest absolute Gasteiger partial charge is 0.339 e. The lowest BCUT2D eigenvalue weighted by atomic mass is 10.0. The molecule has 0 fully saturated rings. The predicted molar refractivity (Wildman–Crippen MR) is 54.3 cm³/mol. The maximum absolute atomic E-state index is 11.0. The standard InChI is InChI=1S/C10H11ClO3/c1-3-6-4-5-7(11)9(14-2)8(6)10(12)13/h4-5H,3H2,1-2H3,(H,12,13). The molecule has 0 unspecified atom stereocenters. The van der Waals surface area contributed by atoms with Gasteiger partial charge < -0.3 is 9.84 Å². The summed E-state index contributed by atoms with van der Waals surface area (Å²) in [6.45, 7) is 1.88. The summed E-state index contributed by atoms with van der Waals surface area (Å²) >= 11 is 5.81. The predicted octanol–water partition coefficient (Wildman–Crippen LogP) is 2.61. The molecular weight excluding hydrogens is 204 g/mol. The number of aryl methyl sites for hydroxylation is 1. The van der Waals surface area contributed by atoms with Gasteiger partial charge >= 0.3 is 5.97 Å². The molecule has 0 atom stereocenters. The molecule has 0 aliphatic carbocycles. The number of methoxy groups -OCH3 is 1. The van der Waals surface area contributed by atoms with Crippen molar-refractivity contribution in [3.8, 4) is 5.75 Å². The van der Waals surface area contributed by atoms with Crippen LogP contribution in [-0.2, 0) is 6.42 Å². The summed E-state index contributed by atoms with van der Waals surface area (Å²) in [5, 5.41) is 9.32. The monoisotopic (exact) mass is 214 g/mol. The van der Waals surface area contributed by atoms with Crippen LogP contribution in [-0.4, -0.2) is 18.2 Å². The molecule has 0 radical (unpaired) electrons. The first-order valence-corrected chi connectivity index (χ1v) is 4.58. The molecule has 0 amide bonds. The highest BCUT2D eigenvalue weighted by atomic mass is 35.5. The molecule has 0 aliphatic heterocycles. The largest absolute Gasteiger partial charge is 0.494 e. The number of carboxylic acid groups (broad SMARTS) is 1. The summed E-state index contributed by atoms with van der Waals surface area (Å²) in [6.07, 6.45) is 0.634. The maximum atomic E-state index is 11.0. The van der Waals surface area contributed by atoms with E-state index in [4.69, 9.17) is 21.4 Å². The number of ether oxygens (including phenoxy) is 1. The van der Waals surface area contributed by atoms with E-state index in [1.165, 1.54) is 7.11 Å². The van der Waals surface area contributed by atoms with E-state index in [0.717, 1.165) is 5.56 Å². The summed E-state index contributed by atoms with van der Waals surface area (Å²) in [6, 6.07) is 3.35. The Balaban J connectivity index is 3.43. The Labute approximate surface area is 87.3 Å². The molecule has 0 saturated heterocycles. The third-order valence-electron chi connectivity index (χ3n) is 1.99. The molecule has 76 valence electrons. The molecule has 4 heteroatoms. The Morgan fingerprint density at radius 1 is 1.57 bits per heavy atom. The van der Waals surface area contributed by atoms with Crippen molar-refractivity contribution >= 4 is 17.6 Å². The van der Waals surface area contributed by atoms with Gasteiger partial charge in [0.05, 0.1) is 12.1 Å². The van der Waals surface area contributed by atoms with E-state index < -0.39 is 5.97 Å². The van der Waals surface area contributed by atoms with E-state index in [2.05, 4.69) is 0 Å². The average Bonchev–Trinajstić information content (AvgIpc) is 2.17. The highest BCUT2D eigenvalue weighted by Crippen LogP contribution is 2.31. The van der Waals surface area contributed by atoms with Gasteiger partial charge in [-0.2, -0.15) is 0 Å². The molecule has 3 nitrogen and oxygen atoms in total. The highest BCUT2D eigenvalue weighted by Gasteiger charge is 2.17. The van der Waals surface area contributed by atoms with Crippen molar-refractivity contribution in [3.05, 3.63) is 28.3 Å². The maximum Gasteiger partial charge on any atom is 0.339 e. The Kier molecular flexibility index (Phi) is 3.36. The summed E-state index contributed by atoms with van der Waals surface area (Å²) in [5.41, 5.74) is 0.876. The first-order valence-electron chi connectivity index (χ1n) is 4.20. The molecule has 0 aliphatic rings. The van der Waals surface area contributed by atoms with Gasteiger partial charge in [-0.05, 0) is 18.1 Å². The topological polar surface area (TPSA) is 46.5 Å². The zero-order valence-electron chi connectivity index (χ0n) is 8.00. The SMILES string of the molecule is CCc1ccc(Cl)c(OC)c1C(=O)O. The fourth-order valence-electron chi connectivity index (χ4n) is 1.33. The summed E-state index contributed by atoms with van der Waals surface area (Å²) < 4.78 is 4.97. The Bertz CT molecular complexity index is 361. The number of rotatable bonds is 3. The zero-order chi connectivity index (χ0) is 10.7. The molecule has 14 heavy (non-hydrogen) atoms. The lowest BCUT2D eigenvalue weighted by Crippen LogP contribution is -2.05. The van der Waals surface area contributed by atoms with Gasteiger partial charge in [0.2, 0.25) is 0 Å². The lowest BCUT2D eigenvalue weighted by molar-refractivity contribution is 0.0692. The number of hydrogen-bond donors (Lipinski definition) is 1. The number of carbonyl (C=O) groups is 1. The summed E-state index contributed by atoms with van der Waals surface area (Å²) in [5.74, 6) is -0.778. The molecule has 0 saturated carbocycles. The average molecular weight is 215 g/mol. The normalized spacial score (nSPS) is 9.93. The number of carboxylic acids is 1. The van der Waals surface area contributed by atoms with Crippen LogP contribution in [0.2, 0.25) is 5.02 Å². The van der Waals surface area contributed by atoms with Gasteiger partial charge in [0.15, 0.2) is 5.75 Å². The van der Waals surface area contributed by atoms with Gasteiger partial charge in [-0.25, -0.2) is 4.79 Å². The van der Waals surface area contributed by atoms with E-state index >= 15 is 0 Å². The van der Waals surface area contributed by atoms with E-state index in [-0.39, 0.29) is 11.3 Å². The molecule has 1 N–H and O–H groups in total. The number of halogens is 1. The fourth-order valence-corrected chi connectivity index (χ4v) is 1.56. The van der Waals surface area contributed by atoms with Crippen molar-refractivity contribution in [2.24, 2.45) is 0 Å². The van der Waals surface area contributed by atoms with Crippen LogP contribution >= 0.6 is 11.6 Å². The lowest BCUT2D eigenvalue weighted by Gasteiger charge is -2.10. The first kappa shape index (κ1) is 10.9. The third-order valence-corrected chi connectivity index (χ3v) is 2.29. The second-order valence-corrected chi connectivity index (χ2v) is 3.18. The van der Waals surface area contributed by atoms with Crippen molar-refractivity contribution < 1.29 is 14.6 Å². The molecule has 1 rings (SSSR count). The summed E-state index contributed by atoms with van der Waals surface area (Å²) in [4.78, 5) is 11.0. The van der Waals surface area contributed by atoms with Gasteiger partial charge in [-0.1, -0.05) is 24.6 Å². The van der Waals surface area contributed by atoms with Crippen molar-refractivity contribution in [1.82, 2.24) is 0 Å². The van der Waals surface area contributed by atoms with Crippen LogP contribution in [0.1, 0.15) is 22.8 Å². The number of aromatic carboxylic acids is 1. The molecule has 1 aromatic carbocycles. The van der Waals surface area contributed by atoms with Crippen molar-refractivity contribution in [2.75, 3.05) is 7.11 Å². The number of hydrogen-bond acceptors (Lipinski definition) is 2. The van der Waals surface area contributed by atoms with Crippen LogP contribution in [0.25, 0.3) is 0 Å². The molecule has 0 spiro atoms. The molecule has 1 aromatic rings. The minimum absolute atomic E-state index is 0.155. The van der Waals surface area contributed by atoms with E-state index in [1.54, 1.807) is 12.1 Å². The molecule has 0 heterocycles. The second-order valence-electron chi connectivity index (χ2n) is 2.77. The second kappa shape index (κ2) is 4.33. The Morgan fingerprint density at radius 2 is 2.21 bits per heavy atom. The highest BCUT2D eigenvalue weighted by molar-refractivity contribution is 6.32. The summed E-state index contributed by atoms with van der Waals surface area (Å²) in [7, 11) is 1.41. The van der Waals surface area contributed by atoms with E-state index in [1.807, 2.05) is 6.92 Å². The van der Waals surface area contributed by atoms with Crippen LogP contribution in [0, 0.1) is 0 Å². The van der Waals surface area contributed by atoms with Gasteiger partial charge in [0.25, 0.3) is 0 Å². The van der Waals surface area contributed by atoms with Crippen LogP contribution < -0.4 is 4.74 Å². The van der Waals surface area contributed by atoms with Crippen molar-refractivity contribution in [3.63, 3.8) is 0 Å². The Morgan fingerprint density at radius 3 is 2.64 bits per heavy atom. The van der Waals surface area contributed by atoms with E-state index in [0.29, 0.717) is 11.4 Å². The van der Waals surface area contributed by atoms with Gasteiger partial charge in [-0.15, -0.1) is 0 Å². The van der Waals surface area contributed by atoms with Crippen LogP contribution in [0.3, 0.4) is 0 Å². The van der Waals surface area contributed by atoms with Crippen LogP contribution in [0.15, 0.2) is 12.1 Å². The van der Waals surface area contributed by atoms with Gasteiger partial charge in [-0.3, -0.25) is 0 Å². The zero-order valence-corrected chi connectivity index (χ0v) is 8.76. The van der Waals surface area contributed by atoms with Crippen molar-refractivity contribution in [2.45, 2.75) is 13.3 Å².